The first-order valence-electron chi connectivity index (χ1n) is 13.0. The van der Waals surface area contributed by atoms with Crippen LogP contribution in [0.5, 0.6) is 0 Å². The SMILES string of the molecule is O=c1n(CCCCN2CC[C@@H]3[C@@H](C2)c2cc(F)ccc2N3c2ccc(F)cc2)ccn1-c1ccccc1. The van der Waals surface area contributed by atoms with Gasteiger partial charge in [0, 0.05) is 55.4 Å². The average Bonchev–Trinajstić information content (AvgIpc) is 3.44. The zero-order chi connectivity index (χ0) is 25.4. The molecule has 3 aromatic carbocycles. The lowest BCUT2D eigenvalue weighted by Gasteiger charge is -2.39. The van der Waals surface area contributed by atoms with E-state index in [9.17, 15) is 13.6 Å². The number of aryl methyl sites for hydroxylation is 1. The van der Waals surface area contributed by atoms with Gasteiger partial charge in [0.15, 0.2) is 0 Å². The van der Waals surface area contributed by atoms with E-state index in [2.05, 4.69) is 9.80 Å². The molecule has 0 spiro atoms. The Labute approximate surface area is 215 Å². The predicted octanol–water partition coefficient (Wildman–Crippen LogP) is 5.71. The maximum absolute atomic E-state index is 14.2. The molecule has 3 heterocycles. The monoisotopic (exact) mass is 500 g/mol. The van der Waals surface area contributed by atoms with Crippen molar-refractivity contribution in [1.29, 1.82) is 0 Å². The number of likely N-dealkylation sites (tertiary alicyclic amines) is 1. The van der Waals surface area contributed by atoms with Gasteiger partial charge in [-0.15, -0.1) is 0 Å². The number of rotatable bonds is 7. The van der Waals surface area contributed by atoms with E-state index in [1.807, 2.05) is 60.9 Å². The summed E-state index contributed by atoms with van der Waals surface area (Å²) < 4.78 is 31.3. The molecule has 37 heavy (non-hydrogen) atoms. The van der Waals surface area contributed by atoms with Crippen LogP contribution in [0, 0.1) is 11.6 Å². The number of fused-ring (bicyclic) bond motifs is 3. The Morgan fingerprint density at radius 1 is 0.811 bits per heavy atom. The van der Waals surface area contributed by atoms with Crippen LogP contribution in [0.15, 0.2) is 90.0 Å². The molecule has 0 saturated carbocycles. The summed E-state index contributed by atoms with van der Waals surface area (Å²) in [5.41, 5.74) is 3.86. The molecule has 0 radical (unpaired) electrons. The first-order valence-corrected chi connectivity index (χ1v) is 13.0. The zero-order valence-electron chi connectivity index (χ0n) is 20.6. The normalized spacial score (nSPS) is 19.1. The number of imidazole rings is 1. The molecule has 4 aromatic rings. The largest absolute Gasteiger partial charge is 0.337 e. The molecule has 1 saturated heterocycles. The van der Waals surface area contributed by atoms with Crippen molar-refractivity contribution < 1.29 is 8.78 Å². The van der Waals surface area contributed by atoms with Gasteiger partial charge in [-0.3, -0.25) is 9.13 Å². The Kier molecular flexibility index (Phi) is 6.38. The minimum absolute atomic E-state index is 0.0162. The van der Waals surface area contributed by atoms with Crippen molar-refractivity contribution in [3.63, 3.8) is 0 Å². The molecule has 2 aliphatic rings. The second-order valence-electron chi connectivity index (χ2n) is 10.00. The van der Waals surface area contributed by atoms with Gasteiger partial charge >= 0.3 is 5.69 Å². The summed E-state index contributed by atoms with van der Waals surface area (Å²) in [5.74, 6) is -0.275. The Hall–Kier alpha value is -3.71. The van der Waals surface area contributed by atoms with E-state index in [0.29, 0.717) is 6.54 Å². The zero-order valence-corrected chi connectivity index (χ0v) is 20.6. The van der Waals surface area contributed by atoms with Gasteiger partial charge in [0.25, 0.3) is 0 Å². The fourth-order valence-corrected chi connectivity index (χ4v) is 5.96. The highest BCUT2D eigenvalue weighted by Crippen LogP contribution is 2.48. The molecule has 7 heteroatoms. The molecule has 1 fully saturated rings. The standard InChI is InChI=1S/C30H30F2N4O/c31-22-8-11-25(12-9-22)36-28-13-10-23(32)20-26(28)27-21-33(17-14-29(27)36)15-4-5-16-34-18-19-35(30(34)37)24-6-2-1-3-7-24/h1-3,6-13,18-20,27,29H,4-5,14-17,21H2/t27-,29+/m0/s1. The van der Waals surface area contributed by atoms with Crippen molar-refractivity contribution in [2.75, 3.05) is 24.5 Å². The minimum atomic E-state index is -0.257. The van der Waals surface area contributed by atoms with E-state index in [0.717, 1.165) is 61.5 Å². The molecule has 190 valence electrons. The average molecular weight is 501 g/mol. The Morgan fingerprint density at radius 3 is 2.38 bits per heavy atom. The smallest absolute Gasteiger partial charge is 0.332 e. The van der Waals surface area contributed by atoms with Gasteiger partial charge in [-0.2, -0.15) is 0 Å². The fraction of sp³-hybridized carbons (Fsp3) is 0.300. The van der Waals surface area contributed by atoms with Crippen LogP contribution in [0.1, 0.15) is 30.7 Å². The van der Waals surface area contributed by atoms with Crippen LogP contribution < -0.4 is 10.6 Å². The third-order valence-electron chi connectivity index (χ3n) is 7.75. The maximum Gasteiger partial charge on any atom is 0.332 e. The van der Waals surface area contributed by atoms with Gasteiger partial charge in [0.2, 0.25) is 0 Å². The van der Waals surface area contributed by atoms with Crippen LogP contribution in [0.25, 0.3) is 5.69 Å². The molecular weight excluding hydrogens is 470 g/mol. The van der Waals surface area contributed by atoms with E-state index in [4.69, 9.17) is 0 Å². The summed E-state index contributed by atoms with van der Waals surface area (Å²) in [6, 6.07) is 21.5. The van der Waals surface area contributed by atoms with Crippen LogP contribution >= 0.6 is 0 Å². The number of anilines is 2. The summed E-state index contributed by atoms with van der Waals surface area (Å²) in [6.07, 6.45) is 6.53. The van der Waals surface area contributed by atoms with E-state index in [1.165, 1.54) is 18.2 Å². The lowest BCUT2D eigenvalue weighted by molar-refractivity contribution is 0.192. The number of benzene rings is 3. The number of piperidine rings is 1. The molecular formula is C30H30F2N4O. The van der Waals surface area contributed by atoms with Crippen molar-refractivity contribution in [2.24, 2.45) is 0 Å². The summed E-state index contributed by atoms with van der Waals surface area (Å²) in [5, 5.41) is 0. The Balaban J connectivity index is 1.10. The summed E-state index contributed by atoms with van der Waals surface area (Å²) in [7, 11) is 0. The summed E-state index contributed by atoms with van der Waals surface area (Å²) >= 11 is 0. The molecule has 1 aromatic heterocycles. The van der Waals surface area contributed by atoms with Crippen molar-refractivity contribution >= 4 is 11.4 Å². The van der Waals surface area contributed by atoms with Gasteiger partial charge in [0.05, 0.1) is 5.69 Å². The summed E-state index contributed by atoms with van der Waals surface area (Å²) in [6.45, 7) is 3.45. The van der Waals surface area contributed by atoms with E-state index >= 15 is 0 Å². The quantitative estimate of drug-likeness (QED) is 0.305. The molecule has 2 atom stereocenters. The predicted molar refractivity (Wildman–Crippen MR) is 142 cm³/mol. The second-order valence-corrected chi connectivity index (χ2v) is 10.00. The third kappa shape index (κ3) is 4.60. The second kappa shape index (κ2) is 9.98. The molecule has 0 bridgehead atoms. The molecule has 6 rings (SSSR count). The van der Waals surface area contributed by atoms with Crippen molar-refractivity contribution in [1.82, 2.24) is 14.0 Å². The lowest BCUT2D eigenvalue weighted by Crippen LogP contribution is -2.45. The molecule has 0 unspecified atom stereocenters. The first-order chi connectivity index (χ1) is 18.1. The Bertz CT molecular complexity index is 1430. The topological polar surface area (TPSA) is 33.4 Å². The highest BCUT2D eigenvalue weighted by Gasteiger charge is 2.42. The third-order valence-corrected chi connectivity index (χ3v) is 7.75. The first kappa shape index (κ1) is 23.7. The number of hydrogen-bond donors (Lipinski definition) is 0. The number of hydrogen-bond acceptors (Lipinski definition) is 3. The van der Waals surface area contributed by atoms with Crippen LogP contribution in [0.2, 0.25) is 0 Å². The highest BCUT2D eigenvalue weighted by molar-refractivity contribution is 5.73. The van der Waals surface area contributed by atoms with Crippen molar-refractivity contribution in [2.45, 2.75) is 37.8 Å². The lowest BCUT2D eigenvalue weighted by atomic mass is 9.89. The molecule has 5 nitrogen and oxygen atoms in total. The maximum atomic E-state index is 14.2. The van der Waals surface area contributed by atoms with Crippen LogP contribution in [-0.2, 0) is 6.54 Å². The van der Waals surface area contributed by atoms with Gasteiger partial charge in [-0.25, -0.2) is 13.6 Å². The van der Waals surface area contributed by atoms with Gasteiger partial charge < -0.3 is 9.80 Å². The van der Waals surface area contributed by atoms with Crippen molar-refractivity contribution in [3.8, 4) is 5.69 Å². The van der Waals surface area contributed by atoms with Crippen molar-refractivity contribution in [3.05, 3.63) is 113 Å². The van der Waals surface area contributed by atoms with Gasteiger partial charge in [-0.05, 0) is 86.0 Å². The molecule has 2 aliphatic heterocycles. The fourth-order valence-electron chi connectivity index (χ4n) is 5.96. The molecule has 0 N–H and O–H groups in total. The van der Waals surface area contributed by atoms with E-state index in [1.54, 1.807) is 15.2 Å². The number of halogens is 2. The van der Waals surface area contributed by atoms with Crippen LogP contribution in [0.4, 0.5) is 20.2 Å². The van der Waals surface area contributed by atoms with E-state index in [-0.39, 0.29) is 29.3 Å². The molecule has 0 aliphatic carbocycles. The van der Waals surface area contributed by atoms with Crippen LogP contribution in [-0.4, -0.2) is 39.7 Å². The van der Waals surface area contributed by atoms with Gasteiger partial charge in [-0.1, -0.05) is 18.2 Å². The number of aromatic nitrogens is 2. The summed E-state index contributed by atoms with van der Waals surface area (Å²) in [4.78, 5) is 17.5. The Morgan fingerprint density at radius 2 is 1.57 bits per heavy atom. The number of nitrogens with zero attached hydrogens (tertiary/aromatic N) is 4. The number of para-hydroxylation sites is 1. The van der Waals surface area contributed by atoms with E-state index < -0.39 is 0 Å². The number of unbranched alkanes of at least 4 members (excludes halogenated alkanes) is 1. The minimum Gasteiger partial charge on any atom is -0.337 e. The van der Waals surface area contributed by atoms with Crippen LogP contribution in [0.3, 0.4) is 0 Å². The molecule has 0 amide bonds. The van der Waals surface area contributed by atoms with Gasteiger partial charge in [0.1, 0.15) is 11.6 Å². The highest BCUT2D eigenvalue weighted by atomic mass is 19.1.